The number of amides is 1. The second-order valence-corrected chi connectivity index (χ2v) is 8.39. The normalized spacial score (nSPS) is 22.3. The number of nitrogens with zero attached hydrogens (tertiary/aromatic N) is 1. The molecule has 1 aromatic heterocycles. The van der Waals surface area contributed by atoms with E-state index in [1.165, 1.54) is 45.2 Å². The van der Waals surface area contributed by atoms with Crippen molar-refractivity contribution in [1.82, 2.24) is 10.2 Å². The number of hydrogen-bond acceptors (Lipinski definition) is 5. The van der Waals surface area contributed by atoms with Gasteiger partial charge in [0.05, 0.1) is 0 Å². The molecule has 1 N–H and O–H groups in total. The monoisotopic (exact) mass is 398 g/mol. The molecule has 0 unspecified atom stereocenters. The second kappa shape index (κ2) is 8.57. The quantitative estimate of drug-likeness (QED) is 0.784. The minimum atomic E-state index is -0.339. The highest BCUT2D eigenvalue weighted by molar-refractivity contribution is 5.82. The Bertz CT molecular complexity index is 950. The highest BCUT2D eigenvalue weighted by Gasteiger charge is 2.32. The van der Waals surface area contributed by atoms with E-state index in [9.17, 15) is 9.59 Å². The molecule has 2 aromatic rings. The van der Waals surface area contributed by atoms with Gasteiger partial charge in [-0.25, -0.2) is 4.79 Å². The van der Waals surface area contributed by atoms with Gasteiger partial charge in [0, 0.05) is 29.6 Å². The van der Waals surface area contributed by atoms with Crippen LogP contribution >= 0.6 is 0 Å². The summed E-state index contributed by atoms with van der Waals surface area (Å²) < 4.78 is 11.0. The van der Waals surface area contributed by atoms with Gasteiger partial charge in [-0.1, -0.05) is 6.42 Å². The number of ether oxygens (including phenoxy) is 1. The fraction of sp³-hybridized carbons (Fsp3) is 0.565. The molecule has 6 heteroatoms. The van der Waals surface area contributed by atoms with Gasteiger partial charge in [0.25, 0.3) is 5.91 Å². The van der Waals surface area contributed by atoms with Crippen molar-refractivity contribution in [2.75, 3.05) is 26.2 Å². The third-order valence-corrected chi connectivity index (χ3v) is 6.59. The van der Waals surface area contributed by atoms with E-state index in [0.29, 0.717) is 35.4 Å². The first-order valence-corrected chi connectivity index (χ1v) is 10.7. The Balaban J connectivity index is 1.32. The standard InChI is InChI=1S/C23H30N2O4/c1-15-16(2)23(27)29-21-12-18(8-9-19(15)21)28-14-22(26)24-13-17-6-5-11-25-10-4-3-7-20(17)25/h8-9,12,17,20H,3-7,10-11,13-14H2,1-2H3,(H,24,26)/t17-,20-/m0/s1. The van der Waals surface area contributed by atoms with Gasteiger partial charge in [-0.2, -0.15) is 0 Å². The van der Waals surface area contributed by atoms with Crippen molar-refractivity contribution in [3.05, 3.63) is 39.7 Å². The van der Waals surface area contributed by atoms with Gasteiger partial charge in [-0.05, 0) is 76.2 Å². The van der Waals surface area contributed by atoms with Crippen LogP contribution in [-0.2, 0) is 4.79 Å². The van der Waals surface area contributed by atoms with Crippen LogP contribution in [-0.4, -0.2) is 43.1 Å². The maximum atomic E-state index is 12.3. The molecule has 6 nitrogen and oxygen atoms in total. The van der Waals surface area contributed by atoms with Crippen molar-refractivity contribution in [3.8, 4) is 5.75 Å². The minimum Gasteiger partial charge on any atom is -0.484 e. The molecule has 2 aliphatic heterocycles. The lowest BCUT2D eigenvalue weighted by molar-refractivity contribution is -0.123. The molecule has 2 atom stereocenters. The molecule has 2 aliphatic rings. The van der Waals surface area contributed by atoms with E-state index >= 15 is 0 Å². The number of benzene rings is 1. The van der Waals surface area contributed by atoms with Gasteiger partial charge < -0.3 is 19.4 Å². The predicted molar refractivity (Wildman–Crippen MR) is 112 cm³/mol. The lowest BCUT2D eigenvalue weighted by Gasteiger charge is -2.44. The average molecular weight is 399 g/mol. The Morgan fingerprint density at radius 3 is 2.86 bits per heavy atom. The molecule has 2 fully saturated rings. The molecule has 0 bridgehead atoms. The number of aryl methyl sites for hydroxylation is 1. The van der Waals surface area contributed by atoms with Crippen LogP contribution in [0.3, 0.4) is 0 Å². The summed E-state index contributed by atoms with van der Waals surface area (Å²) in [7, 11) is 0. The number of carbonyl (C=O) groups excluding carboxylic acids is 1. The number of hydrogen-bond donors (Lipinski definition) is 1. The fourth-order valence-corrected chi connectivity index (χ4v) is 4.78. The third kappa shape index (κ3) is 4.32. The van der Waals surface area contributed by atoms with Crippen LogP contribution in [0.25, 0.3) is 11.0 Å². The third-order valence-electron chi connectivity index (χ3n) is 6.59. The van der Waals surface area contributed by atoms with E-state index in [-0.39, 0.29) is 18.1 Å². The Hall–Kier alpha value is -2.34. The fourth-order valence-electron chi connectivity index (χ4n) is 4.78. The highest BCUT2D eigenvalue weighted by Crippen LogP contribution is 2.30. The van der Waals surface area contributed by atoms with Gasteiger partial charge in [0.1, 0.15) is 11.3 Å². The van der Waals surface area contributed by atoms with Crippen LogP contribution in [0.5, 0.6) is 5.75 Å². The molecule has 0 aliphatic carbocycles. The minimum absolute atomic E-state index is 0.0400. The van der Waals surface area contributed by atoms with Gasteiger partial charge >= 0.3 is 5.63 Å². The molecule has 4 rings (SSSR count). The molecule has 2 saturated heterocycles. The summed E-state index contributed by atoms with van der Waals surface area (Å²) in [6.45, 7) is 6.75. The number of nitrogens with one attached hydrogen (secondary N) is 1. The Morgan fingerprint density at radius 1 is 1.17 bits per heavy atom. The van der Waals surface area contributed by atoms with Crippen molar-refractivity contribution < 1.29 is 13.9 Å². The smallest absolute Gasteiger partial charge is 0.339 e. The summed E-state index contributed by atoms with van der Waals surface area (Å²) in [4.78, 5) is 26.8. The molecule has 0 saturated carbocycles. The zero-order valence-corrected chi connectivity index (χ0v) is 17.3. The van der Waals surface area contributed by atoms with E-state index < -0.39 is 0 Å². The summed E-state index contributed by atoms with van der Waals surface area (Å²) in [5.41, 5.74) is 1.67. The molecule has 0 radical (unpaired) electrons. The molecule has 1 amide bonds. The molecular formula is C23H30N2O4. The van der Waals surface area contributed by atoms with Crippen LogP contribution < -0.4 is 15.7 Å². The molecule has 3 heterocycles. The molecule has 1 aromatic carbocycles. The largest absolute Gasteiger partial charge is 0.484 e. The lowest BCUT2D eigenvalue weighted by Crippen LogP contribution is -2.51. The summed E-state index contributed by atoms with van der Waals surface area (Å²) in [6, 6.07) is 5.97. The summed E-state index contributed by atoms with van der Waals surface area (Å²) >= 11 is 0. The van der Waals surface area contributed by atoms with Crippen molar-refractivity contribution in [2.24, 2.45) is 5.92 Å². The first-order chi connectivity index (χ1) is 14.0. The SMILES string of the molecule is Cc1c(C)c2ccc(OCC(=O)NC[C@@H]3CCCN4CCCC[C@@H]34)cc2oc1=O. The number of piperidine rings is 2. The summed E-state index contributed by atoms with van der Waals surface area (Å²) in [5, 5.41) is 3.94. The Kier molecular flexibility index (Phi) is 5.90. The highest BCUT2D eigenvalue weighted by atomic mass is 16.5. The first kappa shape index (κ1) is 20.0. The molecule has 0 spiro atoms. The van der Waals surface area contributed by atoms with E-state index in [4.69, 9.17) is 9.15 Å². The Morgan fingerprint density at radius 2 is 2.00 bits per heavy atom. The van der Waals surface area contributed by atoms with E-state index in [1.54, 1.807) is 13.0 Å². The van der Waals surface area contributed by atoms with Crippen molar-refractivity contribution in [2.45, 2.75) is 52.0 Å². The van der Waals surface area contributed by atoms with Gasteiger partial charge in [-0.15, -0.1) is 0 Å². The number of carbonyl (C=O) groups is 1. The van der Waals surface area contributed by atoms with Crippen LogP contribution in [0.15, 0.2) is 27.4 Å². The zero-order valence-electron chi connectivity index (χ0n) is 17.3. The van der Waals surface area contributed by atoms with Crippen molar-refractivity contribution >= 4 is 16.9 Å². The predicted octanol–water partition coefficient (Wildman–Crippen LogP) is 3.17. The molecular weight excluding hydrogens is 368 g/mol. The maximum absolute atomic E-state index is 12.3. The number of rotatable bonds is 5. The summed E-state index contributed by atoms with van der Waals surface area (Å²) in [6.07, 6.45) is 6.25. The van der Waals surface area contributed by atoms with Gasteiger partial charge in [0.15, 0.2) is 6.61 Å². The van der Waals surface area contributed by atoms with E-state index in [0.717, 1.165) is 10.9 Å². The maximum Gasteiger partial charge on any atom is 0.339 e. The van der Waals surface area contributed by atoms with Crippen molar-refractivity contribution in [3.63, 3.8) is 0 Å². The lowest BCUT2D eigenvalue weighted by atomic mass is 9.83. The van der Waals surface area contributed by atoms with Gasteiger partial charge in [0.2, 0.25) is 0 Å². The first-order valence-electron chi connectivity index (χ1n) is 10.7. The number of fused-ring (bicyclic) bond motifs is 2. The molecule has 156 valence electrons. The molecule has 29 heavy (non-hydrogen) atoms. The Labute approximate surface area is 171 Å². The van der Waals surface area contributed by atoms with Crippen LogP contribution in [0.2, 0.25) is 0 Å². The van der Waals surface area contributed by atoms with Gasteiger partial charge in [-0.3, -0.25) is 4.79 Å². The van der Waals surface area contributed by atoms with E-state index in [2.05, 4.69) is 10.2 Å². The van der Waals surface area contributed by atoms with Crippen LogP contribution in [0, 0.1) is 19.8 Å². The van der Waals surface area contributed by atoms with E-state index in [1.807, 2.05) is 19.1 Å². The van der Waals surface area contributed by atoms with Crippen molar-refractivity contribution in [1.29, 1.82) is 0 Å². The second-order valence-electron chi connectivity index (χ2n) is 8.39. The average Bonchev–Trinajstić information content (AvgIpc) is 2.74. The zero-order chi connectivity index (χ0) is 20.4. The van der Waals surface area contributed by atoms with Crippen LogP contribution in [0.1, 0.15) is 43.2 Å². The topological polar surface area (TPSA) is 71.8 Å². The van der Waals surface area contributed by atoms with Crippen LogP contribution in [0.4, 0.5) is 0 Å². The summed E-state index contributed by atoms with van der Waals surface area (Å²) in [5.74, 6) is 0.948.